The van der Waals surface area contributed by atoms with Crippen LogP contribution >= 0.6 is 0 Å². The molecule has 0 fully saturated rings. The van der Waals surface area contributed by atoms with Crippen molar-refractivity contribution in [3.63, 3.8) is 0 Å². The number of fused-ring (bicyclic) bond motifs is 1. The van der Waals surface area contributed by atoms with Crippen LogP contribution in [-0.4, -0.2) is 52.3 Å². The molecule has 0 aliphatic rings. The summed E-state index contributed by atoms with van der Waals surface area (Å²) in [6.07, 6.45) is -2.52. The summed E-state index contributed by atoms with van der Waals surface area (Å²) in [7, 11) is 5.77. The average Bonchev–Trinajstić information content (AvgIpc) is 2.86. The highest BCUT2D eigenvalue weighted by molar-refractivity contribution is 5.92. The summed E-state index contributed by atoms with van der Waals surface area (Å²) in [5.74, 6) is 1.84. The minimum atomic E-state index is -2.52. The van der Waals surface area contributed by atoms with Gasteiger partial charge in [-0.1, -0.05) is 18.2 Å². The zero-order chi connectivity index (χ0) is 26.7. The maximum Gasteiger partial charge on any atom is 0.266 e. The van der Waals surface area contributed by atoms with Crippen LogP contribution in [0.1, 0.15) is 28.9 Å². The van der Waals surface area contributed by atoms with Crippen LogP contribution in [0.2, 0.25) is 0 Å². The number of halogens is 2. The van der Waals surface area contributed by atoms with Gasteiger partial charge in [-0.25, -0.2) is 23.4 Å². The molecule has 4 aromatic rings. The van der Waals surface area contributed by atoms with Crippen molar-refractivity contribution in [3.05, 3.63) is 81.4 Å². The first-order valence-corrected chi connectivity index (χ1v) is 12.0. The van der Waals surface area contributed by atoms with Crippen LogP contribution in [0.15, 0.2) is 53.3 Å². The van der Waals surface area contributed by atoms with Gasteiger partial charge in [0.05, 0.1) is 12.1 Å². The Bertz CT molecular complexity index is 1470. The zero-order valence-corrected chi connectivity index (χ0v) is 21.7. The Morgan fingerprint density at radius 1 is 1.03 bits per heavy atom. The number of hydrogen-bond donors (Lipinski definition) is 1. The minimum absolute atomic E-state index is 0.0337. The van der Waals surface area contributed by atoms with Gasteiger partial charge in [0.15, 0.2) is 5.82 Å². The predicted molar refractivity (Wildman–Crippen MR) is 143 cm³/mol. The van der Waals surface area contributed by atoms with Gasteiger partial charge < -0.3 is 15.1 Å². The largest absolute Gasteiger partial charge is 0.365 e. The van der Waals surface area contributed by atoms with E-state index >= 15 is 0 Å². The van der Waals surface area contributed by atoms with Crippen molar-refractivity contribution < 1.29 is 8.78 Å². The second-order valence-corrected chi connectivity index (χ2v) is 9.22. The van der Waals surface area contributed by atoms with E-state index in [0.717, 1.165) is 22.2 Å². The number of rotatable bonds is 9. The topological polar surface area (TPSA) is 79.2 Å². The zero-order valence-electron chi connectivity index (χ0n) is 21.7. The lowest BCUT2D eigenvalue weighted by Gasteiger charge is -2.20. The third-order valence-electron chi connectivity index (χ3n) is 6.30. The normalized spacial score (nSPS) is 11.5. The summed E-state index contributed by atoms with van der Waals surface area (Å²) in [5.41, 5.74) is 2.82. The average molecular weight is 508 g/mol. The molecule has 8 nitrogen and oxygen atoms in total. The number of hydrogen-bond acceptors (Lipinski definition) is 7. The molecule has 37 heavy (non-hydrogen) atoms. The monoisotopic (exact) mass is 507 g/mol. The molecule has 2 aromatic carbocycles. The fourth-order valence-electron chi connectivity index (χ4n) is 4.09. The van der Waals surface area contributed by atoms with Crippen LogP contribution < -0.4 is 15.8 Å². The number of aromatic nitrogens is 4. The number of benzene rings is 2. The highest BCUT2D eigenvalue weighted by Gasteiger charge is 2.15. The molecule has 0 amide bonds. The van der Waals surface area contributed by atoms with E-state index in [-0.39, 0.29) is 11.1 Å². The van der Waals surface area contributed by atoms with Crippen molar-refractivity contribution in [3.8, 4) is 0 Å². The van der Waals surface area contributed by atoms with Crippen molar-refractivity contribution >= 4 is 28.2 Å². The van der Waals surface area contributed by atoms with Gasteiger partial charge in [0.1, 0.15) is 11.6 Å². The molecule has 0 unspecified atom stereocenters. The lowest BCUT2D eigenvalue weighted by molar-refractivity contribution is 0.150. The molecule has 0 bridgehead atoms. The number of nitrogens with zero attached hydrogens (tertiary/aromatic N) is 6. The molecule has 0 aliphatic heterocycles. The first-order valence-electron chi connectivity index (χ1n) is 12.0. The maximum absolute atomic E-state index is 13.3. The Balaban J connectivity index is 1.65. The van der Waals surface area contributed by atoms with E-state index in [2.05, 4.69) is 20.4 Å². The molecule has 10 heteroatoms. The van der Waals surface area contributed by atoms with Gasteiger partial charge in [-0.2, -0.15) is 5.10 Å². The van der Waals surface area contributed by atoms with E-state index in [4.69, 9.17) is 0 Å². The number of alkyl halides is 2. The first kappa shape index (κ1) is 26.2. The summed E-state index contributed by atoms with van der Waals surface area (Å²) in [6, 6.07) is 13.9. The van der Waals surface area contributed by atoms with Crippen molar-refractivity contribution in [2.45, 2.75) is 33.4 Å². The van der Waals surface area contributed by atoms with E-state index in [1.165, 1.54) is 16.8 Å². The van der Waals surface area contributed by atoms with E-state index in [1.807, 2.05) is 62.1 Å². The van der Waals surface area contributed by atoms with Gasteiger partial charge in [-0.15, -0.1) is 0 Å². The summed E-state index contributed by atoms with van der Waals surface area (Å²) in [4.78, 5) is 25.3. The van der Waals surface area contributed by atoms with Crippen LogP contribution in [0.4, 0.5) is 26.1 Å². The molecule has 0 aliphatic carbocycles. The highest BCUT2D eigenvalue weighted by Crippen LogP contribution is 2.30. The molecule has 1 N–H and O–H groups in total. The van der Waals surface area contributed by atoms with Crippen LogP contribution in [0.3, 0.4) is 0 Å². The van der Waals surface area contributed by atoms with Gasteiger partial charge >= 0.3 is 0 Å². The van der Waals surface area contributed by atoms with Crippen LogP contribution in [0, 0.1) is 13.8 Å². The van der Waals surface area contributed by atoms with E-state index in [9.17, 15) is 13.6 Å². The van der Waals surface area contributed by atoms with Gasteiger partial charge in [-0.05, 0) is 63.3 Å². The number of nitrogens with one attached hydrogen (secondary N) is 1. The Labute approximate surface area is 214 Å². The van der Waals surface area contributed by atoms with Crippen molar-refractivity contribution in [2.24, 2.45) is 0 Å². The van der Waals surface area contributed by atoms with Gasteiger partial charge in [0, 0.05) is 42.8 Å². The first-order chi connectivity index (χ1) is 17.6. The third kappa shape index (κ3) is 5.91. The molecule has 0 radical (unpaired) electrons. The number of anilines is 3. The summed E-state index contributed by atoms with van der Waals surface area (Å²) >= 11 is 0. The van der Waals surface area contributed by atoms with Crippen molar-refractivity contribution in [1.29, 1.82) is 0 Å². The number of aryl methyl sites for hydroxylation is 1. The van der Waals surface area contributed by atoms with Crippen LogP contribution in [-0.2, 0) is 13.1 Å². The molecule has 0 spiro atoms. The van der Waals surface area contributed by atoms with Crippen LogP contribution in [0.5, 0.6) is 0 Å². The van der Waals surface area contributed by atoms with E-state index in [0.29, 0.717) is 42.7 Å². The Morgan fingerprint density at radius 2 is 1.81 bits per heavy atom. The summed E-state index contributed by atoms with van der Waals surface area (Å²) in [6.45, 7) is 5.05. The molecular formula is C27H31F2N7O. The molecule has 2 heterocycles. The van der Waals surface area contributed by atoms with Crippen molar-refractivity contribution in [2.75, 3.05) is 37.9 Å². The predicted octanol–water partition coefficient (Wildman–Crippen LogP) is 4.68. The molecule has 4 rings (SSSR count). The smallest absolute Gasteiger partial charge is 0.266 e. The SMILES string of the molecule is Cc1nc(NCc2cccc(C(F)F)c2C)c2cc(N(C)c3ccc(=O)n(CCN(C)C)n3)ccc2n1. The Hall–Kier alpha value is -3.92. The molecular weight excluding hydrogens is 476 g/mol. The fraction of sp³-hybridized carbons (Fsp3) is 0.333. The van der Waals surface area contributed by atoms with Gasteiger partial charge in [-0.3, -0.25) is 4.79 Å². The van der Waals surface area contributed by atoms with Gasteiger partial charge in [0.25, 0.3) is 12.0 Å². The second kappa shape index (κ2) is 11.0. The summed E-state index contributed by atoms with van der Waals surface area (Å²) < 4.78 is 28.2. The van der Waals surface area contributed by atoms with E-state index < -0.39 is 6.43 Å². The van der Waals surface area contributed by atoms with Gasteiger partial charge in [0.2, 0.25) is 0 Å². The molecule has 2 aromatic heterocycles. The van der Waals surface area contributed by atoms with Crippen molar-refractivity contribution in [1.82, 2.24) is 24.6 Å². The maximum atomic E-state index is 13.3. The Kier molecular flexibility index (Phi) is 7.77. The van der Waals surface area contributed by atoms with E-state index in [1.54, 1.807) is 19.1 Å². The molecule has 194 valence electrons. The molecule has 0 saturated heterocycles. The quantitative estimate of drug-likeness (QED) is 0.352. The molecule has 0 saturated carbocycles. The fourth-order valence-corrected chi connectivity index (χ4v) is 4.09. The number of likely N-dealkylation sites (N-methyl/N-ethyl adjacent to an activating group) is 1. The lowest BCUT2D eigenvalue weighted by Crippen LogP contribution is -2.29. The lowest BCUT2D eigenvalue weighted by atomic mass is 10.0. The molecule has 0 atom stereocenters. The standard InChI is InChI=1S/C27H31F2N7O/c1-17-19(7-6-8-21(17)26(28)29)16-30-27-22-15-20(9-10-23(22)31-18(2)32-27)35(5)24-11-12-25(37)36(33-24)14-13-34(3)4/h6-12,15,26H,13-14,16H2,1-5H3,(H,30,31,32). The Morgan fingerprint density at radius 3 is 2.54 bits per heavy atom. The highest BCUT2D eigenvalue weighted by atomic mass is 19.3. The van der Waals surface area contributed by atoms with Crippen LogP contribution in [0.25, 0.3) is 10.9 Å². The minimum Gasteiger partial charge on any atom is -0.365 e. The second-order valence-electron chi connectivity index (χ2n) is 9.22. The summed E-state index contributed by atoms with van der Waals surface area (Å²) in [5, 5.41) is 8.65. The third-order valence-corrected chi connectivity index (χ3v) is 6.30.